The number of rotatable bonds is 5. The van der Waals surface area contributed by atoms with E-state index in [1.165, 1.54) is 34.9 Å². The average Bonchev–Trinajstić information content (AvgIpc) is 3.31. The fourth-order valence-electron chi connectivity index (χ4n) is 3.44. The maximum atomic E-state index is 12.8. The van der Waals surface area contributed by atoms with Crippen molar-refractivity contribution in [2.24, 2.45) is 4.40 Å². The Bertz CT molecular complexity index is 1440. The van der Waals surface area contributed by atoms with E-state index in [1.54, 1.807) is 25.2 Å². The van der Waals surface area contributed by atoms with E-state index in [-0.39, 0.29) is 15.7 Å². The Balaban J connectivity index is 1.59. The number of hydrogen-bond acceptors (Lipinski definition) is 6. The number of amidine groups is 1. The summed E-state index contributed by atoms with van der Waals surface area (Å²) < 4.78 is 54.4. The van der Waals surface area contributed by atoms with Crippen molar-refractivity contribution in [1.29, 1.82) is 0 Å². The van der Waals surface area contributed by atoms with Crippen molar-refractivity contribution >= 4 is 42.8 Å². The minimum atomic E-state index is -3.86. The van der Waals surface area contributed by atoms with Crippen molar-refractivity contribution in [2.75, 3.05) is 25.2 Å². The fourth-order valence-corrected chi connectivity index (χ4v) is 5.31. The van der Waals surface area contributed by atoms with Crippen LogP contribution in [0, 0.1) is 0 Å². The molecule has 0 unspecified atom stereocenters. The lowest BCUT2D eigenvalue weighted by Gasteiger charge is -2.11. The number of benzene rings is 1. The molecule has 1 aliphatic rings. The van der Waals surface area contributed by atoms with E-state index in [1.807, 2.05) is 4.90 Å². The molecule has 0 spiro atoms. The Morgan fingerprint density at radius 1 is 1.09 bits per heavy atom. The van der Waals surface area contributed by atoms with Gasteiger partial charge in [-0.25, -0.2) is 13.4 Å². The summed E-state index contributed by atoms with van der Waals surface area (Å²) in [5, 5.41) is 2.39. The first-order valence-corrected chi connectivity index (χ1v) is 13.0. The van der Waals surface area contributed by atoms with E-state index in [0.29, 0.717) is 23.5 Å². The van der Waals surface area contributed by atoms with Crippen molar-refractivity contribution < 1.29 is 21.6 Å². The van der Waals surface area contributed by atoms with Crippen LogP contribution >= 0.6 is 0 Å². The van der Waals surface area contributed by atoms with Gasteiger partial charge in [0.15, 0.2) is 5.69 Å². The lowest BCUT2D eigenvalue weighted by Crippen LogP contribution is -2.20. The average molecular weight is 476 g/mol. The summed E-state index contributed by atoms with van der Waals surface area (Å²) in [6, 6.07) is 10.5. The Kier molecular flexibility index (Phi) is 5.51. The highest BCUT2D eigenvalue weighted by atomic mass is 32.2. The van der Waals surface area contributed by atoms with Crippen LogP contribution in [0.15, 0.2) is 63.1 Å². The van der Waals surface area contributed by atoms with Gasteiger partial charge in [0.25, 0.3) is 15.9 Å². The summed E-state index contributed by atoms with van der Waals surface area (Å²) >= 11 is 0. The molecule has 1 saturated heterocycles. The van der Waals surface area contributed by atoms with Gasteiger partial charge in [0.05, 0.1) is 10.4 Å². The first kappa shape index (κ1) is 22.0. The van der Waals surface area contributed by atoms with Crippen molar-refractivity contribution in [3.63, 3.8) is 0 Å². The van der Waals surface area contributed by atoms with Crippen LogP contribution in [0.1, 0.15) is 23.3 Å². The smallest absolute Gasteiger partial charge is 0.283 e. The highest BCUT2D eigenvalue weighted by Crippen LogP contribution is 2.21. The first-order valence-electron chi connectivity index (χ1n) is 9.70. The zero-order valence-electron chi connectivity index (χ0n) is 17.4. The summed E-state index contributed by atoms with van der Waals surface area (Å²) in [4.78, 5) is 18.6. The topological polar surface area (TPSA) is 130 Å². The van der Waals surface area contributed by atoms with E-state index in [9.17, 15) is 21.6 Å². The zero-order chi connectivity index (χ0) is 23.1. The molecule has 3 heterocycles. The number of nitrogens with zero attached hydrogens (tertiary/aromatic N) is 4. The minimum absolute atomic E-state index is 0.00935. The number of carbonyl (C=O) groups is 1. The number of imidazole rings is 1. The van der Waals surface area contributed by atoms with Crippen molar-refractivity contribution in [3.8, 4) is 0 Å². The number of nitrogens with one attached hydrogen (secondary N) is 1. The lowest BCUT2D eigenvalue weighted by molar-refractivity contribution is 0.102. The number of hydrogen-bond donors (Lipinski definition) is 1. The molecule has 168 valence electrons. The number of likely N-dealkylation sites (tertiary alicyclic amines) is 1. The third-order valence-electron chi connectivity index (χ3n) is 5.03. The van der Waals surface area contributed by atoms with Crippen LogP contribution in [-0.4, -0.2) is 62.7 Å². The second-order valence-electron chi connectivity index (χ2n) is 7.46. The van der Waals surface area contributed by atoms with Crippen LogP contribution in [-0.2, 0) is 19.9 Å². The zero-order valence-corrected chi connectivity index (χ0v) is 19.0. The van der Waals surface area contributed by atoms with Crippen LogP contribution in [0.5, 0.6) is 0 Å². The lowest BCUT2D eigenvalue weighted by atomic mass is 10.3. The highest BCUT2D eigenvalue weighted by molar-refractivity contribution is 7.90. The Hall–Kier alpha value is -3.25. The Morgan fingerprint density at radius 3 is 2.44 bits per heavy atom. The van der Waals surface area contributed by atoms with Gasteiger partial charge in [0.2, 0.25) is 15.0 Å². The molecule has 0 saturated carbocycles. The normalized spacial score (nSPS) is 16.1. The molecule has 1 N–H and O–H groups in total. The van der Waals surface area contributed by atoms with Gasteiger partial charge in [0, 0.05) is 38.2 Å². The van der Waals surface area contributed by atoms with E-state index >= 15 is 0 Å². The molecule has 32 heavy (non-hydrogen) atoms. The largest absolute Gasteiger partial charge is 0.362 e. The predicted octanol–water partition coefficient (Wildman–Crippen LogP) is 1.80. The summed E-state index contributed by atoms with van der Waals surface area (Å²) in [5.74, 6) is -0.0947. The van der Waals surface area contributed by atoms with Gasteiger partial charge in [-0.15, -0.1) is 4.40 Å². The predicted molar refractivity (Wildman–Crippen MR) is 119 cm³/mol. The monoisotopic (exact) mass is 475 g/mol. The molecule has 3 aromatic rings. The maximum absolute atomic E-state index is 12.8. The van der Waals surface area contributed by atoms with Crippen molar-refractivity contribution in [2.45, 2.75) is 22.9 Å². The number of sulfonamides is 1. The number of amides is 1. The van der Waals surface area contributed by atoms with Gasteiger partial charge >= 0.3 is 0 Å². The number of pyridine rings is 1. The Labute approximate surface area is 185 Å². The standard InChI is InChI=1S/C20H21N5O5S2/c1-24-12-5-7-17(24)23-32(29,30)15-10-8-14(9-11-15)21-19(26)18-16-6-3-4-13-25(16)20(22-18)31(2,27)28/h3-4,6,8-11,13H,5,7,12H2,1-2H3,(H,21,26)/b23-17+. The van der Waals surface area contributed by atoms with Crippen LogP contribution in [0.4, 0.5) is 5.69 Å². The second-order valence-corrected chi connectivity index (χ2v) is 11.0. The molecule has 0 radical (unpaired) electrons. The molecule has 12 heteroatoms. The van der Waals surface area contributed by atoms with Crippen LogP contribution in [0.25, 0.3) is 5.52 Å². The van der Waals surface area contributed by atoms with Gasteiger partial charge in [0.1, 0.15) is 5.84 Å². The van der Waals surface area contributed by atoms with E-state index in [0.717, 1.165) is 19.2 Å². The van der Waals surface area contributed by atoms with Gasteiger partial charge in [-0.2, -0.15) is 8.42 Å². The second kappa shape index (κ2) is 8.02. The Morgan fingerprint density at radius 2 is 1.81 bits per heavy atom. The number of carbonyl (C=O) groups excluding carboxylic acids is 1. The van der Waals surface area contributed by atoms with Crippen LogP contribution in [0.2, 0.25) is 0 Å². The number of anilines is 1. The molecular weight excluding hydrogens is 454 g/mol. The molecule has 0 atom stereocenters. The molecule has 0 bridgehead atoms. The maximum Gasteiger partial charge on any atom is 0.283 e. The number of fused-ring (bicyclic) bond motifs is 1. The summed E-state index contributed by atoms with van der Waals surface area (Å²) in [6.07, 6.45) is 4.00. The summed E-state index contributed by atoms with van der Waals surface area (Å²) in [7, 11) is -5.73. The molecule has 1 amide bonds. The molecule has 2 aromatic heterocycles. The first-order chi connectivity index (χ1) is 15.1. The minimum Gasteiger partial charge on any atom is -0.362 e. The molecular formula is C20H21N5O5S2. The van der Waals surface area contributed by atoms with E-state index in [4.69, 9.17) is 0 Å². The van der Waals surface area contributed by atoms with Gasteiger partial charge in [-0.05, 0) is 42.8 Å². The van der Waals surface area contributed by atoms with Crippen LogP contribution in [0.3, 0.4) is 0 Å². The fraction of sp³-hybridized carbons (Fsp3) is 0.250. The molecule has 1 aromatic carbocycles. The molecule has 0 aliphatic carbocycles. The molecule has 10 nitrogen and oxygen atoms in total. The SMILES string of the molecule is CN1CCC/C1=N\S(=O)(=O)c1ccc(NC(=O)c2nc(S(C)(=O)=O)n3ccccc23)cc1. The number of aromatic nitrogens is 2. The van der Waals surface area contributed by atoms with Gasteiger partial charge in [-0.3, -0.25) is 9.20 Å². The molecule has 1 aliphatic heterocycles. The highest BCUT2D eigenvalue weighted by Gasteiger charge is 2.23. The van der Waals surface area contributed by atoms with Crippen molar-refractivity contribution in [3.05, 3.63) is 54.4 Å². The quantitative estimate of drug-likeness (QED) is 0.595. The third-order valence-corrected chi connectivity index (χ3v) is 7.30. The van der Waals surface area contributed by atoms with Crippen LogP contribution < -0.4 is 5.32 Å². The summed E-state index contributed by atoms with van der Waals surface area (Å²) in [5.41, 5.74) is 0.608. The molecule has 1 fully saturated rings. The number of sulfone groups is 1. The summed E-state index contributed by atoms with van der Waals surface area (Å²) in [6.45, 7) is 0.767. The van der Waals surface area contributed by atoms with Gasteiger partial charge < -0.3 is 10.2 Å². The van der Waals surface area contributed by atoms with E-state index in [2.05, 4.69) is 14.7 Å². The molecule has 4 rings (SSSR count). The van der Waals surface area contributed by atoms with Gasteiger partial charge in [-0.1, -0.05) is 6.07 Å². The van der Waals surface area contributed by atoms with Crippen molar-refractivity contribution in [1.82, 2.24) is 14.3 Å². The van der Waals surface area contributed by atoms with E-state index < -0.39 is 25.8 Å². The third kappa shape index (κ3) is 4.23.